The molecular weight excluding hydrogens is 483 g/mol. The Bertz CT molecular complexity index is 932. The van der Waals surface area contributed by atoms with Gasteiger partial charge >= 0.3 is 29.6 Å². The highest BCUT2D eigenvalue weighted by atomic mass is 79.9. The molecule has 0 radical (unpaired) electrons. The van der Waals surface area contributed by atoms with Crippen LogP contribution in [-0.4, -0.2) is 34.2 Å². The van der Waals surface area contributed by atoms with E-state index in [0.29, 0.717) is 7.05 Å². The largest absolute Gasteiger partial charge is 0.384 e. The monoisotopic (exact) mass is 489 g/mol. The Hall–Kier alpha value is -1.53. The van der Waals surface area contributed by atoms with Gasteiger partial charge in [0.1, 0.15) is 0 Å². The molecule has 1 fully saturated rings. The second-order valence-corrected chi connectivity index (χ2v) is 7.24. The first-order valence-electron chi connectivity index (χ1n) is 7.23. The summed E-state index contributed by atoms with van der Waals surface area (Å²) in [4.78, 5) is 0. The molecule has 156 valence electrons. The third-order valence-corrected chi connectivity index (χ3v) is 5.29. The van der Waals surface area contributed by atoms with Crippen LogP contribution < -0.4 is 0 Å². The number of hydrogen-bond donors (Lipinski definition) is 0. The third kappa shape index (κ3) is 1.93. The summed E-state index contributed by atoms with van der Waals surface area (Å²) < 4.78 is 154. The van der Waals surface area contributed by atoms with Gasteiger partial charge in [0.15, 0.2) is 0 Å². The molecule has 1 aliphatic rings. The summed E-state index contributed by atoms with van der Waals surface area (Å²) in [6, 6.07) is 3.59. The van der Waals surface area contributed by atoms with E-state index in [4.69, 9.17) is 0 Å². The Morgan fingerprint density at radius 1 is 0.679 bits per heavy atom. The van der Waals surface area contributed by atoms with Gasteiger partial charge in [0.25, 0.3) is 5.67 Å². The third-order valence-electron chi connectivity index (χ3n) is 4.80. The van der Waals surface area contributed by atoms with Crippen LogP contribution >= 0.6 is 15.9 Å². The van der Waals surface area contributed by atoms with Gasteiger partial charge in [0.05, 0.1) is 5.69 Å². The molecule has 1 aromatic heterocycles. The first-order chi connectivity index (χ1) is 12.4. The molecule has 1 saturated carbocycles. The number of hydrogen-bond acceptors (Lipinski definition) is 0. The molecule has 0 saturated heterocycles. The molecular formula is C15H7BrF11N. The topological polar surface area (TPSA) is 4.93 Å². The Kier molecular flexibility index (Phi) is 4.04. The molecule has 1 aliphatic carbocycles. The zero-order valence-corrected chi connectivity index (χ0v) is 14.9. The molecule has 3 rings (SSSR count). The van der Waals surface area contributed by atoms with E-state index < -0.39 is 41.0 Å². The summed E-state index contributed by atoms with van der Waals surface area (Å²) in [5.74, 6) is -35.3. The van der Waals surface area contributed by atoms with Crippen molar-refractivity contribution < 1.29 is 48.3 Å². The van der Waals surface area contributed by atoms with E-state index in [0.717, 1.165) is 12.1 Å². The van der Waals surface area contributed by atoms with E-state index in [1.54, 1.807) is 0 Å². The highest BCUT2D eigenvalue weighted by molar-refractivity contribution is 9.10. The fraction of sp³-hybridized carbons (Fsp3) is 0.467. The minimum absolute atomic E-state index is 0.206. The second kappa shape index (κ2) is 5.33. The van der Waals surface area contributed by atoms with Gasteiger partial charge in [-0.1, -0.05) is 15.9 Å². The Morgan fingerprint density at radius 2 is 1.11 bits per heavy atom. The van der Waals surface area contributed by atoms with Gasteiger partial charge in [0.2, 0.25) is 0 Å². The Labute approximate surface area is 157 Å². The minimum atomic E-state index is -7.23. The SMILES string of the molecule is Cn1c(C2(F)C(F)(F)C(F)(F)C(F)(F)C(F)(F)C2(F)F)cc2cc(Br)ccc21. The minimum Gasteiger partial charge on any atom is -0.344 e. The number of fused-ring (bicyclic) bond motifs is 1. The van der Waals surface area contributed by atoms with Crippen LogP contribution in [0.15, 0.2) is 28.7 Å². The lowest BCUT2D eigenvalue weighted by atomic mass is 9.70. The molecule has 0 unspecified atom stereocenters. The molecule has 0 bridgehead atoms. The van der Waals surface area contributed by atoms with Crippen molar-refractivity contribution >= 4 is 26.8 Å². The number of aromatic nitrogens is 1. The van der Waals surface area contributed by atoms with Crippen LogP contribution in [0.2, 0.25) is 0 Å². The lowest BCUT2D eigenvalue weighted by molar-refractivity contribution is -0.490. The lowest BCUT2D eigenvalue weighted by Gasteiger charge is -2.52. The van der Waals surface area contributed by atoms with E-state index in [2.05, 4.69) is 15.9 Å². The van der Waals surface area contributed by atoms with Crippen molar-refractivity contribution in [3.63, 3.8) is 0 Å². The normalized spacial score (nSPS) is 26.3. The molecule has 13 heteroatoms. The van der Waals surface area contributed by atoms with Gasteiger partial charge < -0.3 is 4.57 Å². The summed E-state index contributed by atoms with van der Waals surface area (Å²) in [6.45, 7) is 0. The second-order valence-electron chi connectivity index (χ2n) is 6.32. The molecule has 1 heterocycles. The number of nitrogens with zero attached hydrogens (tertiary/aromatic N) is 1. The zero-order chi connectivity index (χ0) is 21.7. The molecule has 0 aliphatic heterocycles. The number of halogens is 12. The van der Waals surface area contributed by atoms with E-state index >= 15 is 4.39 Å². The maximum absolute atomic E-state index is 15.2. The van der Waals surface area contributed by atoms with Gasteiger partial charge in [-0.15, -0.1) is 0 Å². The predicted octanol–water partition coefficient (Wildman–Crippen LogP) is 6.30. The molecule has 0 amide bonds. The van der Waals surface area contributed by atoms with E-state index in [1.165, 1.54) is 6.07 Å². The number of aryl methyl sites for hydroxylation is 1. The van der Waals surface area contributed by atoms with Gasteiger partial charge in [-0.3, -0.25) is 0 Å². The summed E-state index contributed by atoms with van der Waals surface area (Å²) in [5.41, 5.74) is -8.44. The van der Waals surface area contributed by atoms with E-state index in [9.17, 15) is 43.9 Å². The summed E-state index contributed by atoms with van der Waals surface area (Å²) in [5, 5.41) is -0.264. The summed E-state index contributed by atoms with van der Waals surface area (Å²) in [7, 11) is 0.669. The quantitative estimate of drug-likeness (QED) is 0.414. The maximum atomic E-state index is 15.2. The fourth-order valence-electron chi connectivity index (χ4n) is 3.19. The highest BCUT2D eigenvalue weighted by Gasteiger charge is 3.01. The van der Waals surface area contributed by atoms with Gasteiger partial charge in [-0.05, 0) is 24.3 Å². The molecule has 2 aromatic rings. The standard InChI is InChI=1S/C15H7BrF11N/c1-28-8-3-2-7(16)4-6(8)5-9(28)10(17)11(18,19)13(22,23)15(26,27)14(24,25)12(10,20)21/h2-5H,1H3. The molecule has 1 aromatic carbocycles. The predicted molar refractivity (Wildman–Crippen MR) is 78.1 cm³/mol. The van der Waals surface area contributed by atoms with Crippen molar-refractivity contribution in [1.29, 1.82) is 0 Å². The number of benzene rings is 1. The highest BCUT2D eigenvalue weighted by Crippen LogP contribution is 2.72. The fourth-order valence-corrected chi connectivity index (χ4v) is 3.57. The zero-order valence-electron chi connectivity index (χ0n) is 13.3. The van der Waals surface area contributed by atoms with Crippen LogP contribution in [-0.2, 0) is 12.7 Å². The molecule has 0 spiro atoms. The first kappa shape index (κ1) is 21.2. The van der Waals surface area contributed by atoms with E-state index in [-0.39, 0.29) is 26.0 Å². The van der Waals surface area contributed by atoms with Crippen LogP contribution in [0.1, 0.15) is 5.69 Å². The lowest BCUT2D eigenvalue weighted by Crippen LogP contribution is -2.82. The first-order valence-corrected chi connectivity index (χ1v) is 8.02. The smallest absolute Gasteiger partial charge is 0.344 e. The van der Waals surface area contributed by atoms with Crippen LogP contribution in [0.5, 0.6) is 0 Å². The molecule has 28 heavy (non-hydrogen) atoms. The average molecular weight is 490 g/mol. The summed E-state index contributed by atoms with van der Waals surface area (Å²) in [6.07, 6.45) is 0. The average Bonchev–Trinajstić information content (AvgIpc) is 2.88. The number of rotatable bonds is 1. The van der Waals surface area contributed by atoms with Crippen LogP contribution in [0, 0.1) is 0 Å². The van der Waals surface area contributed by atoms with Crippen LogP contribution in [0.3, 0.4) is 0 Å². The van der Waals surface area contributed by atoms with Gasteiger partial charge in [0, 0.05) is 22.4 Å². The Morgan fingerprint density at radius 3 is 1.57 bits per heavy atom. The Balaban J connectivity index is 2.45. The maximum Gasteiger partial charge on any atom is 0.384 e. The van der Waals surface area contributed by atoms with Crippen LogP contribution in [0.4, 0.5) is 48.3 Å². The van der Waals surface area contributed by atoms with Crippen molar-refractivity contribution in [3.8, 4) is 0 Å². The molecule has 0 N–H and O–H groups in total. The van der Waals surface area contributed by atoms with Crippen molar-refractivity contribution in [2.24, 2.45) is 7.05 Å². The van der Waals surface area contributed by atoms with E-state index in [1.807, 2.05) is 0 Å². The van der Waals surface area contributed by atoms with Crippen LogP contribution in [0.25, 0.3) is 10.9 Å². The van der Waals surface area contributed by atoms with Crippen molar-refractivity contribution in [2.45, 2.75) is 35.3 Å². The molecule has 1 nitrogen and oxygen atoms in total. The van der Waals surface area contributed by atoms with Crippen molar-refractivity contribution in [3.05, 3.63) is 34.4 Å². The van der Waals surface area contributed by atoms with Crippen molar-refractivity contribution in [2.75, 3.05) is 0 Å². The molecule has 0 atom stereocenters. The summed E-state index contributed by atoms with van der Waals surface area (Å²) >= 11 is 2.93. The number of alkyl halides is 11. The van der Waals surface area contributed by atoms with Crippen molar-refractivity contribution in [1.82, 2.24) is 4.57 Å². The van der Waals surface area contributed by atoms with Gasteiger partial charge in [-0.25, -0.2) is 4.39 Å². The van der Waals surface area contributed by atoms with Gasteiger partial charge in [-0.2, -0.15) is 43.9 Å².